The number of nitrogens with one attached hydrogen (secondary N) is 1. The number of nitrogens with zero attached hydrogens (tertiary/aromatic N) is 3. The van der Waals surface area contributed by atoms with Crippen molar-refractivity contribution in [2.75, 3.05) is 5.32 Å². The minimum absolute atomic E-state index is 0.161. The highest BCUT2D eigenvalue weighted by Gasteiger charge is 2.10. The van der Waals surface area contributed by atoms with Crippen LogP contribution in [0.15, 0.2) is 47.4 Å². The van der Waals surface area contributed by atoms with Gasteiger partial charge in [-0.25, -0.2) is 9.48 Å². The number of carbonyl (C=O) groups is 1. The van der Waals surface area contributed by atoms with E-state index >= 15 is 0 Å². The molecule has 0 atom stereocenters. The van der Waals surface area contributed by atoms with Crippen molar-refractivity contribution in [3.63, 3.8) is 0 Å². The van der Waals surface area contributed by atoms with Crippen LogP contribution in [0, 0.1) is 6.92 Å². The Kier molecular flexibility index (Phi) is 3.68. The van der Waals surface area contributed by atoms with Gasteiger partial charge in [0.1, 0.15) is 6.54 Å². The summed E-state index contributed by atoms with van der Waals surface area (Å²) in [5.41, 5.74) is 1.65. The molecule has 0 saturated heterocycles. The third kappa shape index (κ3) is 2.73. The Hall–Kier alpha value is -2.60. The molecule has 6 nitrogen and oxygen atoms in total. The lowest BCUT2D eigenvalue weighted by Gasteiger charge is -2.06. The third-order valence-corrected chi connectivity index (χ3v) is 3.64. The first-order chi connectivity index (χ1) is 10.5. The summed E-state index contributed by atoms with van der Waals surface area (Å²) in [6.07, 6.45) is 1.61. The zero-order valence-electron chi connectivity index (χ0n) is 11.8. The van der Waals surface area contributed by atoms with E-state index in [-0.39, 0.29) is 18.1 Å². The first-order valence-electron chi connectivity index (χ1n) is 6.65. The van der Waals surface area contributed by atoms with Gasteiger partial charge < -0.3 is 5.32 Å². The number of amides is 1. The van der Waals surface area contributed by atoms with E-state index in [0.29, 0.717) is 16.4 Å². The number of hydrogen-bond donors (Lipinski definition) is 1. The second-order valence-corrected chi connectivity index (χ2v) is 5.29. The largest absolute Gasteiger partial charge is 0.350 e. The fourth-order valence-corrected chi connectivity index (χ4v) is 2.26. The highest BCUT2D eigenvalue weighted by Crippen LogP contribution is 2.19. The average Bonchev–Trinajstić information content (AvgIpc) is 2.80. The topological polar surface area (TPSA) is 68.4 Å². The van der Waals surface area contributed by atoms with Gasteiger partial charge in [-0.3, -0.25) is 9.20 Å². The Morgan fingerprint density at radius 1 is 1.32 bits per heavy atom. The van der Waals surface area contributed by atoms with Crippen molar-refractivity contribution in [1.29, 1.82) is 0 Å². The molecule has 0 saturated carbocycles. The fourth-order valence-electron chi connectivity index (χ4n) is 2.08. The van der Waals surface area contributed by atoms with Crippen molar-refractivity contribution in [3.8, 4) is 0 Å². The molecule has 2 aromatic heterocycles. The summed E-state index contributed by atoms with van der Waals surface area (Å²) >= 11 is 6.01. The van der Waals surface area contributed by atoms with E-state index in [1.807, 2.05) is 13.0 Å². The van der Waals surface area contributed by atoms with Gasteiger partial charge in [-0.1, -0.05) is 23.7 Å². The normalized spacial score (nSPS) is 10.8. The Morgan fingerprint density at radius 3 is 2.86 bits per heavy atom. The van der Waals surface area contributed by atoms with Crippen LogP contribution in [0.25, 0.3) is 5.65 Å². The Morgan fingerprint density at radius 2 is 2.14 bits per heavy atom. The number of carbonyl (C=O) groups excluding carboxylic acids is 1. The summed E-state index contributed by atoms with van der Waals surface area (Å²) in [5, 5.41) is 7.38. The van der Waals surface area contributed by atoms with Crippen LogP contribution in [-0.2, 0) is 11.3 Å². The zero-order chi connectivity index (χ0) is 15.7. The van der Waals surface area contributed by atoms with Crippen molar-refractivity contribution in [3.05, 3.63) is 63.7 Å². The third-order valence-electron chi connectivity index (χ3n) is 3.24. The van der Waals surface area contributed by atoms with Crippen LogP contribution >= 0.6 is 11.6 Å². The van der Waals surface area contributed by atoms with Crippen LogP contribution in [0.3, 0.4) is 0 Å². The minimum Gasteiger partial charge on any atom is -0.324 e. The Balaban J connectivity index is 1.79. The molecule has 3 aromatic rings. The highest BCUT2D eigenvalue weighted by atomic mass is 35.5. The van der Waals surface area contributed by atoms with Gasteiger partial charge >= 0.3 is 5.69 Å². The van der Waals surface area contributed by atoms with E-state index in [1.165, 1.54) is 4.40 Å². The zero-order valence-corrected chi connectivity index (χ0v) is 12.5. The van der Waals surface area contributed by atoms with Crippen molar-refractivity contribution >= 4 is 28.8 Å². The first-order valence-corrected chi connectivity index (χ1v) is 7.02. The molecule has 0 aliphatic rings. The SMILES string of the molecule is Cc1ccc(NC(=O)Cn2nc3ccccn3c2=O)cc1Cl. The summed E-state index contributed by atoms with van der Waals surface area (Å²) < 4.78 is 2.51. The Bertz CT molecular complexity index is 913. The number of pyridine rings is 1. The average molecular weight is 317 g/mol. The standard InChI is InChI=1S/C15H13ClN4O2/c1-10-5-6-11(8-12(10)16)17-14(21)9-20-15(22)19-7-3-2-4-13(19)18-20/h2-8H,9H2,1H3,(H,17,21). The molecular formula is C15H13ClN4O2. The second kappa shape index (κ2) is 5.65. The van der Waals surface area contributed by atoms with Gasteiger partial charge in [-0.2, -0.15) is 0 Å². The molecule has 112 valence electrons. The second-order valence-electron chi connectivity index (χ2n) is 4.88. The molecule has 0 aliphatic carbocycles. The van der Waals surface area contributed by atoms with Crippen LogP contribution in [0.4, 0.5) is 5.69 Å². The van der Waals surface area contributed by atoms with Crippen molar-refractivity contribution in [2.45, 2.75) is 13.5 Å². The van der Waals surface area contributed by atoms with Crippen molar-refractivity contribution in [2.24, 2.45) is 0 Å². The van der Waals surface area contributed by atoms with Gasteiger partial charge in [0.2, 0.25) is 5.91 Å². The smallest absolute Gasteiger partial charge is 0.324 e. The molecule has 22 heavy (non-hydrogen) atoms. The van der Waals surface area contributed by atoms with Crippen LogP contribution < -0.4 is 11.0 Å². The molecule has 0 unspecified atom stereocenters. The monoisotopic (exact) mass is 316 g/mol. The molecule has 2 heterocycles. The molecule has 0 fully saturated rings. The highest BCUT2D eigenvalue weighted by molar-refractivity contribution is 6.31. The molecule has 3 rings (SSSR count). The van der Waals surface area contributed by atoms with E-state index < -0.39 is 0 Å². The maximum absolute atomic E-state index is 12.1. The predicted octanol–water partition coefficient (Wildman–Crippen LogP) is 2.10. The van der Waals surface area contributed by atoms with Gasteiger partial charge in [0.25, 0.3) is 0 Å². The lowest BCUT2D eigenvalue weighted by Crippen LogP contribution is -2.28. The molecule has 0 spiro atoms. The molecule has 0 aliphatic heterocycles. The molecule has 1 N–H and O–H groups in total. The molecule has 7 heteroatoms. The number of halogens is 1. The fraction of sp³-hybridized carbons (Fsp3) is 0.133. The molecule has 1 aromatic carbocycles. The summed E-state index contributed by atoms with van der Waals surface area (Å²) in [6.45, 7) is 1.72. The molecular weight excluding hydrogens is 304 g/mol. The molecule has 0 radical (unpaired) electrons. The van der Waals surface area contributed by atoms with Gasteiger partial charge in [0, 0.05) is 16.9 Å². The summed E-state index contributed by atoms with van der Waals surface area (Å²) in [7, 11) is 0. The van der Waals surface area contributed by atoms with E-state index in [4.69, 9.17) is 11.6 Å². The lowest BCUT2D eigenvalue weighted by atomic mass is 10.2. The van der Waals surface area contributed by atoms with E-state index in [2.05, 4.69) is 10.4 Å². The lowest BCUT2D eigenvalue weighted by molar-refractivity contribution is -0.117. The van der Waals surface area contributed by atoms with Gasteiger partial charge in [0.05, 0.1) is 0 Å². The minimum atomic E-state index is -0.354. The van der Waals surface area contributed by atoms with Crippen LogP contribution in [0.5, 0.6) is 0 Å². The van der Waals surface area contributed by atoms with Gasteiger partial charge in [-0.05, 0) is 36.8 Å². The maximum Gasteiger partial charge on any atom is 0.350 e. The number of fused-ring (bicyclic) bond motifs is 1. The maximum atomic E-state index is 12.1. The van der Waals surface area contributed by atoms with E-state index in [0.717, 1.165) is 10.2 Å². The summed E-state index contributed by atoms with van der Waals surface area (Å²) in [4.78, 5) is 24.1. The molecule has 1 amide bonds. The first kappa shape index (κ1) is 14.3. The van der Waals surface area contributed by atoms with Crippen LogP contribution in [-0.4, -0.2) is 20.1 Å². The quantitative estimate of drug-likeness (QED) is 0.804. The summed E-state index contributed by atoms with van der Waals surface area (Å²) in [6, 6.07) is 10.5. The van der Waals surface area contributed by atoms with Gasteiger partial charge in [0.15, 0.2) is 5.65 Å². The number of hydrogen-bond acceptors (Lipinski definition) is 3. The number of rotatable bonds is 3. The number of anilines is 1. The van der Waals surface area contributed by atoms with Crippen molar-refractivity contribution < 1.29 is 4.79 Å². The Labute approximate surface area is 130 Å². The number of aryl methyl sites for hydroxylation is 1. The number of benzene rings is 1. The number of aromatic nitrogens is 3. The predicted molar refractivity (Wildman–Crippen MR) is 84.3 cm³/mol. The van der Waals surface area contributed by atoms with Crippen LogP contribution in [0.1, 0.15) is 5.56 Å². The summed E-state index contributed by atoms with van der Waals surface area (Å²) in [5.74, 6) is -0.342. The van der Waals surface area contributed by atoms with Gasteiger partial charge in [-0.15, -0.1) is 5.10 Å². The van der Waals surface area contributed by atoms with Crippen molar-refractivity contribution in [1.82, 2.24) is 14.2 Å². The van der Waals surface area contributed by atoms with E-state index in [1.54, 1.807) is 36.5 Å². The van der Waals surface area contributed by atoms with Crippen LogP contribution in [0.2, 0.25) is 5.02 Å². The van der Waals surface area contributed by atoms with E-state index in [9.17, 15) is 9.59 Å². The molecule has 0 bridgehead atoms.